The highest BCUT2D eigenvalue weighted by Crippen LogP contribution is 2.45. The number of carboxylic acid groups (broad SMARTS) is 1. The molecule has 3 aliphatic heterocycles. The van der Waals surface area contributed by atoms with Gasteiger partial charge >= 0.3 is 5.97 Å². The van der Waals surface area contributed by atoms with Crippen molar-refractivity contribution in [2.75, 3.05) is 55.7 Å². The summed E-state index contributed by atoms with van der Waals surface area (Å²) in [5, 5.41) is 21.5. The molecule has 4 aliphatic rings. The Hall–Kier alpha value is -4.27. The number of benzene rings is 2. The van der Waals surface area contributed by atoms with Crippen molar-refractivity contribution in [3.05, 3.63) is 81.6 Å². The van der Waals surface area contributed by atoms with E-state index in [1.807, 2.05) is 22.0 Å². The molecule has 2 aromatic carbocycles. The van der Waals surface area contributed by atoms with E-state index in [-0.39, 0.29) is 79.8 Å². The SMILES string of the molecule is O=C(O)C1CCN(C(=O)c2cccc(S(=O)(=O)O)c2/C(=C2\C=C3CCCN(CCCS(=O)(=O)O)C3=CC2)c2cc3c(cc2O)N(CCCS(=O)(=O)O)CCC3)CC1. The van der Waals surface area contributed by atoms with Crippen LogP contribution < -0.4 is 4.90 Å². The number of carbonyl (C=O) groups excluding carboxylic acids is 1. The van der Waals surface area contributed by atoms with Gasteiger partial charge in [-0.2, -0.15) is 25.3 Å². The molecule has 2 saturated heterocycles. The minimum atomic E-state index is -5.00. The number of aryl methyl sites for hydroxylation is 1. The molecule has 2 fully saturated rings. The molecular weight excluding hydrogens is 803 g/mol. The van der Waals surface area contributed by atoms with Gasteiger partial charge in [-0.25, -0.2) is 0 Å². The molecule has 0 radical (unpaired) electrons. The molecule has 0 bridgehead atoms. The Labute approximate surface area is 332 Å². The number of phenolic OH excluding ortho intramolecular Hbond substituents is 1. The third-order valence-electron chi connectivity index (χ3n) is 11.0. The van der Waals surface area contributed by atoms with Gasteiger partial charge in [0.25, 0.3) is 36.3 Å². The quantitative estimate of drug-likeness (QED) is 0.179. The molecule has 0 aromatic heterocycles. The van der Waals surface area contributed by atoms with Gasteiger partial charge in [-0.05, 0) is 98.3 Å². The van der Waals surface area contributed by atoms with Gasteiger partial charge in [0.1, 0.15) is 10.6 Å². The fraction of sp³-hybridized carbons (Fsp3) is 0.474. The number of anilines is 1. The van der Waals surface area contributed by atoms with E-state index in [9.17, 15) is 58.7 Å². The molecule has 0 unspecified atom stereocenters. The van der Waals surface area contributed by atoms with E-state index in [2.05, 4.69) is 0 Å². The van der Waals surface area contributed by atoms with Crippen LogP contribution in [0.5, 0.6) is 5.75 Å². The highest BCUT2D eigenvalue weighted by molar-refractivity contribution is 7.86. The molecule has 57 heavy (non-hydrogen) atoms. The maximum absolute atomic E-state index is 14.4. The fourth-order valence-corrected chi connectivity index (χ4v) is 10.1. The molecule has 16 nitrogen and oxygen atoms in total. The largest absolute Gasteiger partial charge is 0.507 e. The lowest BCUT2D eigenvalue weighted by atomic mass is 9.82. The second-order valence-corrected chi connectivity index (χ2v) is 19.4. The summed E-state index contributed by atoms with van der Waals surface area (Å²) in [7, 11) is -13.4. The summed E-state index contributed by atoms with van der Waals surface area (Å²) in [4.78, 5) is 30.9. The van der Waals surface area contributed by atoms with Crippen LogP contribution in [0.1, 0.15) is 78.4 Å². The molecule has 2 aromatic rings. The number of aliphatic carboxylic acids is 1. The maximum atomic E-state index is 14.4. The van der Waals surface area contributed by atoms with E-state index < -0.39 is 64.5 Å². The predicted octanol–water partition coefficient (Wildman–Crippen LogP) is 4.00. The Bertz CT molecular complexity index is 2360. The van der Waals surface area contributed by atoms with Crippen molar-refractivity contribution in [2.45, 2.75) is 62.7 Å². The van der Waals surface area contributed by atoms with Gasteiger partial charge < -0.3 is 24.9 Å². The molecule has 5 N–H and O–H groups in total. The summed E-state index contributed by atoms with van der Waals surface area (Å²) in [6, 6.07) is 7.19. The number of hydrogen-bond acceptors (Lipinski definition) is 11. The second kappa shape index (κ2) is 16.9. The summed E-state index contributed by atoms with van der Waals surface area (Å²) >= 11 is 0. The van der Waals surface area contributed by atoms with Crippen LogP contribution >= 0.6 is 0 Å². The van der Waals surface area contributed by atoms with Gasteiger partial charge in [0.15, 0.2) is 0 Å². The van der Waals surface area contributed by atoms with E-state index in [4.69, 9.17) is 0 Å². The van der Waals surface area contributed by atoms with Gasteiger partial charge in [0.2, 0.25) is 0 Å². The molecule has 0 spiro atoms. The Kier molecular flexibility index (Phi) is 12.6. The van der Waals surface area contributed by atoms with Crippen LogP contribution in [0.15, 0.2) is 64.2 Å². The van der Waals surface area contributed by atoms with E-state index in [1.165, 1.54) is 29.2 Å². The van der Waals surface area contributed by atoms with Crippen LogP contribution in [-0.4, -0.2) is 122 Å². The summed E-state index contributed by atoms with van der Waals surface area (Å²) < 4.78 is 101. The third kappa shape index (κ3) is 10.1. The Morgan fingerprint density at radius 3 is 2.05 bits per heavy atom. The van der Waals surface area contributed by atoms with E-state index in [1.54, 1.807) is 6.07 Å². The lowest BCUT2D eigenvalue weighted by Crippen LogP contribution is -2.40. The van der Waals surface area contributed by atoms with E-state index >= 15 is 0 Å². The van der Waals surface area contributed by atoms with Gasteiger partial charge in [-0.1, -0.05) is 18.2 Å². The third-order valence-corrected chi connectivity index (χ3v) is 13.5. The molecular formula is C38H47N3O13S3. The van der Waals surface area contributed by atoms with Crippen LogP contribution in [-0.2, 0) is 41.6 Å². The van der Waals surface area contributed by atoms with Crippen LogP contribution in [0.2, 0.25) is 0 Å². The summed E-state index contributed by atoms with van der Waals surface area (Å²) in [6.45, 7) is 1.99. The monoisotopic (exact) mass is 849 g/mol. The van der Waals surface area contributed by atoms with Gasteiger partial charge in [0.05, 0.1) is 17.4 Å². The van der Waals surface area contributed by atoms with Crippen LogP contribution in [0, 0.1) is 5.92 Å². The topological polar surface area (TPSA) is 247 Å². The Morgan fingerprint density at radius 1 is 0.789 bits per heavy atom. The molecule has 6 rings (SSSR count). The van der Waals surface area contributed by atoms with Crippen molar-refractivity contribution in [1.29, 1.82) is 0 Å². The lowest BCUT2D eigenvalue weighted by molar-refractivity contribution is -0.143. The zero-order chi connectivity index (χ0) is 41.3. The number of nitrogens with zero attached hydrogens (tertiary/aromatic N) is 3. The number of carboxylic acids is 1. The average molecular weight is 850 g/mol. The van der Waals surface area contributed by atoms with Gasteiger partial charge in [-0.15, -0.1) is 0 Å². The number of carbonyl (C=O) groups is 2. The summed E-state index contributed by atoms with van der Waals surface area (Å²) in [6.07, 6.45) is 7.17. The zero-order valence-corrected chi connectivity index (χ0v) is 33.7. The number of phenols is 1. The van der Waals surface area contributed by atoms with E-state index in [0.717, 1.165) is 16.8 Å². The number of aromatic hydroxyl groups is 1. The highest BCUT2D eigenvalue weighted by Gasteiger charge is 2.34. The second-order valence-electron chi connectivity index (χ2n) is 14.9. The van der Waals surface area contributed by atoms with Crippen LogP contribution in [0.25, 0.3) is 5.57 Å². The molecule has 0 atom stereocenters. The minimum Gasteiger partial charge on any atom is -0.507 e. The first kappa shape index (κ1) is 42.3. The lowest BCUT2D eigenvalue weighted by Gasteiger charge is -2.36. The summed E-state index contributed by atoms with van der Waals surface area (Å²) in [5.41, 5.74) is 3.76. The van der Waals surface area contributed by atoms with Crippen molar-refractivity contribution < 1.29 is 58.7 Å². The van der Waals surface area contributed by atoms with Gasteiger partial charge in [-0.3, -0.25) is 23.2 Å². The maximum Gasteiger partial charge on any atom is 0.306 e. The standard InChI is InChI=1S/C38H47N3O13S3/c42-33-24-32-27(7-3-15-40(32)17-5-21-56(49,50)51)23-30(33)35(28-10-11-31-26(22-28)6-2-14-39(31)16-4-20-55(46,47)48)36-29(8-1-9-34(36)57(52,53)54)37(43)41-18-12-25(13-19-41)38(44)45/h1,8-9,11,22-25,42H,2-7,10,12-21H2,(H,44,45)(H,46,47,48)(H,49,50,51)(H,52,53,54)/b35-28-. The first-order valence-corrected chi connectivity index (χ1v) is 23.5. The number of fused-ring (bicyclic) bond motifs is 2. The van der Waals surface area contributed by atoms with Crippen LogP contribution in [0.3, 0.4) is 0 Å². The molecule has 3 heterocycles. The fourth-order valence-electron chi connectivity index (χ4n) is 8.36. The smallest absolute Gasteiger partial charge is 0.306 e. The molecule has 310 valence electrons. The zero-order valence-electron chi connectivity index (χ0n) is 31.2. The number of hydrogen-bond donors (Lipinski definition) is 5. The predicted molar refractivity (Wildman–Crippen MR) is 211 cm³/mol. The number of piperidine rings is 2. The number of allylic oxidation sites excluding steroid dienone is 4. The summed E-state index contributed by atoms with van der Waals surface area (Å²) in [5.74, 6) is -3.32. The van der Waals surface area contributed by atoms with Crippen molar-refractivity contribution in [2.24, 2.45) is 5.92 Å². The highest BCUT2D eigenvalue weighted by atomic mass is 32.2. The normalized spacial score (nSPS) is 19.0. The first-order chi connectivity index (χ1) is 26.8. The number of amides is 1. The average Bonchev–Trinajstić information content (AvgIpc) is 3.13. The Balaban J connectivity index is 1.51. The van der Waals surface area contributed by atoms with Crippen molar-refractivity contribution in [3.63, 3.8) is 0 Å². The molecule has 1 aliphatic carbocycles. The number of likely N-dealkylation sites (tertiary alicyclic amines) is 2. The van der Waals surface area contributed by atoms with Crippen molar-refractivity contribution in [1.82, 2.24) is 9.80 Å². The minimum absolute atomic E-state index is 0.0750. The molecule has 0 saturated carbocycles. The van der Waals surface area contributed by atoms with Crippen molar-refractivity contribution >= 4 is 53.5 Å². The first-order valence-electron chi connectivity index (χ1n) is 18.8. The van der Waals surface area contributed by atoms with Crippen LogP contribution in [0.4, 0.5) is 5.69 Å². The van der Waals surface area contributed by atoms with Crippen molar-refractivity contribution in [3.8, 4) is 5.75 Å². The molecule has 19 heteroatoms. The molecule has 1 amide bonds. The van der Waals surface area contributed by atoms with E-state index in [0.29, 0.717) is 56.6 Å². The number of rotatable bonds is 13. The Morgan fingerprint density at radius 2 is 1.42 bits per heavy atom. The van der Waals surface area contributed by atoms with Gasteiger partial charge in [0, 0.05) is 73.4 Å².